The molecule has 0 aliphatic rings. The quantitative estimate of drug-likeness (QED) is 0.699. The fourth-order valence-corrected chi connectivity index (χ4v) is 2.81. The Morgan fingerprint density at radius 3 is 3.00 bits per heavy atom. The maximum Gasteiger partial charge on any atom is 0.179 e. The van der Waals surface area contributed by atoms with Crippen LogP contribution < -0.4 is 0 Å². The lowest BCUT2D eigenvalue weighted by Crippen LogP contribution is -1.93. The Bertz CT molecular complexity index is 696. The highest BCUT2D eigenvalue weighted by molar-refractivity contribution is 7.13. The number of thiazole rings is 1. The summed E-state index contributed by atoms with van der Waals surface area (Å²) in [5.41, 5.74) is 4.40. The van der Waals surface area contributed by atoms with Gasteiger partial charge in [-0.3, -0.25) is 4.79 Å². The predicted molar refractivity (Wildman–Crippen MR) is 69.4 cm³/mol. The monoisotopic (exact) mass is 242 g/mol. The van der Waals surface area contributed by atoms with Gasteiger partial charge in [0, 0.05) is 29.6 Å². The van der Waals surface area contributed by atoms with Crippen molar-refractivity contribution in [1.29, 1.82) is 0 Å². The van der Waals surface area contributed by atoms with Gasteiger partial charge in [0.1, 0.15) is 5.69 Å². The Morgan fingerprint density at radius 1 is 1.35 bits per heavy atom. The third-order valence-electron chi connectivity index (χ3n) is 2.73. The van der Waals surface area contributed by atoms with Gasteiger partial charge < -0.3 is 4.98 Å². The fraction of sp³-hybridized carbons (Fsp3) is 0.0769. The molecule has 0 saturated heterocycles. The third-order valence-corrected chi connectivity index (χ3v) is 3.59. The number of carbonyl (C=O) groups is 1. The van der Waals surface area contributed by atoms with Gasteiger partial charge >= 0.3 is 0 Å². The number of nitrogens with zero attached hydrogens (tertiary/aromatic N) is 1. The van der Waals surface area contributed by atoms with E-state index in [0.29, 0.717) is 5.69 Å². The van der Waals surface area contributed by atoms with Crippen LogP contribution in [0.1, 0.15) is 17.4 Å². The smallest absolute Gasteiger partial charge is 0.179 e. The number of fused-ring (bicyclic) bond motifs is 1. The van der Waals surface area contributed by atoms with Crippen LogP contribution in [-0.2, 0) is 0 Å². The van der Waals surface area contributed by atoms with Crippen LogP contribution in [0.25, 0.3) is 21.3 Å². The van der Waals surface area contributed by atoms with Gasteiger partial charge in [-0.15, -0.1) is 11.3 Å². The van der Waals surface area contributed by atoms with Gasteiger partial charge in [0.05, 0.1) is 10.4 Å². The molecule has 4 heteroatoms. The first kappa shape index (κ1) is 10.2. The minimum Gasteiger partial charge on any atom is -0.361 e. The van der Waals surface area contributed by atoms with E-state index in [1.807, 2.05) is 30.5 Å². The van der Waals surface area contributed by atoms with Gasteiger partial charge in [-0.05, 0) is 6.07 Å². The Kier molecular flexibility index (Phi) is 2.30. The summed E-state index contributed by atoms with van der Waals surface area (Å²) in [5, 5.41) is 1.12. The lowest BCUT2D eigenvalue weighted by atomic mass is 10.1. The number of nitrogens with one attached hydrogen (secondary N) is 1. The van der Waals surface area contributed by atoms with Gasteiger partial charge in [-0.2, -0.15) is 0 Å². The first-order chi connectivity index (χ1) is 8.27. The maximum absolute atomic E-state index is 11.5. The van der Waals surface area contributed by atoms with Crippen LogP contribution in [0.15, 0.2) is 36.0 Å². The molecule has 17 heavy (non-hydrogen) atoms. The van der Waals surface area contributed by atoms with Crippen LogP contribution in [0.2, 0.25) is 0 Å². The number of benzene rings is 1. The number of carbonyl (C=O) groups excluding carboxylic acids is 1. The molecule has 3 rings (SSSR count). The highest BCUT2D eigenvalue weighted by Gasteiger charge is 2.15. The van der Waals surface area contributed by atoms with Gasteiger partial charge in [0.25, 0.3) is 0 Å². The zero-order chi connectivity index (χ0) is 11.8. The van der Waals surface area contributed by atoms with Crippen LogP contribution in [-0.4, -0.2) is 15.8 Å². The molecule has 0 atom stereocenters. The second kappa shape index (κ2) is 3.82. The SMILES string of the molecule is CC(=O)c1ncsc1-c1c[nH]c2ccccc12. The molecule has 84 valence electrons. The van der Waals surface area contributed by atoms with E-state index >= 15 is 0 Å². The summed E-state index contributed by atoms with van der Waals surface area (Å²) in [4.78, 5) is 19.8. The van der Waals surface area contributed by atoms with Crippen LogP contribution in [0, 0.1) is 0 Å². The molecule has 0 amide bonds. The summed E-state index contributed by atoms with van der Waals surface area (Å²) in [6, 6.07) is 8.05. The standard InChI is InChI=1S/C13H10N2OS/c1-8(16)12-13(17-7-15-12)10-6-14-11-5-3-2-4-9(10)11/h2-7,14H,1H3. The first-order valence-corrected chi connectivity index (χ1v) is 6.16. The summed E-state index contributed by atoms with van der Waals surface area (Å²) < 4.78 is 0. The topological polar surface area (TPSA) is 45.8 Å². The Balaban J connectivity index is 2.28. The van der Waals surface area contributed by atoms with Crippen LogP contribution >= 0.6 is 11.3 Å². The lowest BCUT2D eigenvalue weighted by Gasteiger charge is -1.97. The summed E-state index contributed by atoms with van der Waals surface area (Å²) in [6.45, 7) is 1.55. The summed E-state index contributed by atoms with van der Waals surface area (Å²) in [7, 11) is 0. The van der Waals surface area contributed by atoms with Crippen LogP contribution in [0.3, 0.4) is 0 Å². The third kappa shape index (κ3) is 1.57. The molecule has 0 aliphatic heterocycles. The molecule has 0 spiro atoms. The van der Waals surface area contributed by atoms with Crippen molar-refractivity contribution in [3.8, 4) is 10.4 Å². The Labute approximate surface area is 102 Å². The minimum atomic E-state index is 0.00605. The number of ketones is 1. The van der Waals surface area contributed by atoms with E-state index in [0.717, 1.165) is 21.3 Å². The number of para-hydroxylation sites is 1. The Hall–Kier alpha value is -1.94. The number of aromatic amines is 1. The molecule has 0 unspecified atom stereocenters. The van der Waals surface area contributed by atoms with Gasteiger partial charge in [-0.1, -0.05) is 18.2 Å². The Morgan fingerprint density at radius 2 is 2.18 bits per heavy atom. The first-order valence-electron chi connectivity index (χ1n) is 5.28. The number of rotatable bonds is 2. The van der Waals surface area contributed by atoms with E-state index in [9.17, 15) is 4.79 Å². The molecule has 0 bridgehead atoms. The van der Waals surface area contributed by atoms with Gasteiger partial charge in [0.15, 0.2) is 5.78 Å². The fourth-order valence-electron chi connectivity index (χ4n) is 1.95. The van der Waals surface area contributed by atoms with E-state index in [-0.39, 0.29) is 5.78 Å². The average molecular weight is 242 g/mol. The van der Waals surface area contributed by atoms with E-state index in [1.165, 1.54) is 11.3 Å². The maximum atomic E-state index is 11.5. The van der Waals surface area contributed by atoms with Crippen molar-refractivity contribution >= 4 is 28.0 Å². The molecule has 3 nitrogen and oxygen atoms in total. The molecule has 0 aliphatic carbocycles. The zero-order valence-corrected chi connectivity index (χ0v) is 10.0. The number of Topliss-reactive ketones (excluding diaryl/α,β-unsaturated/α-hetero) is 1. The summed E-state index contributed by atoms with van der Waals surface area (Å²) >= 11 is 1.50. The molecule has 2 aromatic heterocycles. The van der Waals surface area contributed by atoms with Crippen LogP contribution in [0.4, 0.5) is 0 Å². The molecule has 3 aromatic rings. The second-order valence-electron chi connectivity index (χ2n) is 3.83. The lowest BCUT2D eigenvalue weighted by molar-refractivity contribution is 0.101. The van der Waals surface area contributed by atoms with Gasteiger partial charge in [0.2, 0.25) is 0 Å². The van der Waals surface area contributed by atoms with E-state index < -0.39 is 0 Å². The zero-order valence-electron chi connectivity index (χ0n) is 9.23. The molecular formula is C13H10N2OS. The molecule has 1 aromatic carbocycles. The summed E-state index contributed by atoms with van der Waals surface area (Å²) in [5.74, 6) is 0.00605. The molecule has 0 radical (unpaired) electrons. The number of H-pyrrole nitrogens is 1. The van der Waals surface area contributed by atoms with E-state index in [4.69, 9.17) is 0 Å². The molecule has 0 fully saturated rings. The van der Waals surface area contributed by atoms with Crippen LogP contribution in [0.5, 0.6) is 0 Å². The van der Waals surface area contributed by atoms with Crippen molar-refractivity contribution in [2.24, 2.45) is 0 Å². The molecule has 1 N–H and O–H groups in total. The predicted octanol–water partition coefficient (Wildman–Crippen LogP) is 3.49. The average Bonchev–Trinajstić information content (AvgIpc) is 2.94. The van der Waals surface area contributed by atoms with Crippen molar-refractivity contribution in [2.75, 3.05) is 0 Å². The highest BCUT2D eigenvalue weighted by atomic mass is 32.1. The molecular weight excluding hydrogens is 232 g/mol. The molecule has 0 saturated carbocycles. The minimum absolute atomic E-state index is 0.00605. The van der Waals surface area contributed by atoms with Crippen molar-refractivity contribution in [3.63, 3.8) is 0 Å². The number of hydrogen-bond acceptors (Lipinski definition) is 3. The van der Waals surface area contributed by atoms with Crippen molar-refractivity contribution in [2.45, 2.75) is 6.92 Å². The number of hydrogen-bond donors (Lipinski definition) is 1. The molecule has 2 heterocycles. The second-order valence-corrected chi connectivity index (χ2v) is 4.69. The van der Waals surface area contributed by atoms with E-state index in [2.05, 4.69) is 9.97 Å². The summed E-state index contributed by atoms with van der Waals surface area (Å²) in [6.07, 6.45) is 1.94. The van der Waals surface area contributed by atoms with Crippen molar-refractivity contribution < 1.29 is 4.79 Å². The van der Waals surface area contributed by atoms with Crippen molar-refractivity contribution in [3.05, 3.63) is 41.7 Å². The number of aromatic nitrogens is 2. The van der Waals surface area contributed by atoms with Crippen molar-refractivity contribution in [1.82, 2.24) is 9.97 Å². The normalized spacial score (nSPS) is 10.9. The van der Waals surface area contributed by atoms with Gasteiger partial charge in [-0.25, -0.2) is 4.98 Å². The largest absolute Gasteiger partial charge is 0.361 e. The highest BCUT2D eigenvalue weighted by Crippen LogP contribution is 2.33. The van der Waals surface area contributed by atoms with E-state index in [1.54, 1.807) is 12.4 Å².